The van der Waals surface area contributed by atoms with E-state index >= 15 is 0 Å². The minimum absolute atomic E-state index is 0.0571. The van der Waals surface area contributed by atoms with Crippen molar-refractivity contribution in [2.24, 2.45) is 14.1 Å². The van der Waals surface area contributed by atoms with E-state index in [0.29, 0.717) is 0 Å². The fraction of sp³-hybridized carbons (Fsp3) is 0.538. The van der Waals surface area contributed by atoms with Gasteiger partial charge in [-0.1, -0.05) is 0 Å². The fourth-order valence-electron chi connectivity index (χ4n) is 2.47. The van der Waals surface area contributed by atoms with Crippen molar-refractivity contribution in [3.8, 4) is 0 Å². The van der Waals surface area contributed by atoms with E-state index in [4.69, 9.17) is 4.74 Å². The van der Waals surface area contributed by atoms with E-state index in [0.717, 1.165) is 31.8 Å². The number of aromatic nitrogens is 4. The summed E-state index contributed by atoms with van der Waals surface area (Å²) >= 11 is 0. The van der Waals surface area contributed by atoms with Crippen LogP contribution in [0, 0.1) is 0 Å². The summed E-state index contributed by atoms with van der Waals surface area (Å²) in [4.78, 5) is 0. The van der Waals surface area contributed by atoms with Crippen LogP contribution in [0.25, 0.3) is 0 Å². The SMILES string of the molecule is Cn1cc(CNCC2OCCc3cn(C)nc32)cn1. The lowest BCUT2D eigenvalue weighted by Crippen LogP contribution is -2.27. The molecule has 0 radical (unpaired) electrons. The zero-order valence-corrected chi connectivity index (χ0v) is 11.3. The van der Waals surface area contributed by atoms with Crippen molar-refractivity contribution in [2.75, 3.05) is 13.2 Å². The molecule has 0 amide bonds. The molecule has 0 fully saturated rings. The first-order chi connectivity index (χ1) is 9.22. The highest BCUT2D eigenvalue weighted by molar-refractivity contribution is 5.22. The lowest BCUT2D eigenvalue weighted by molar-refractivity contribution is 0.0393. The minimum Gasteiger partial charge on any atom is -0.370 e. The molecule has 0 saturated carbocycles. The van der Waals surface area contributed by atoms with Gasteiger partial charge in [-0.2, -0.15) is 10.2 Å². The summed E-state index contributed by atoms with van der Waals surface area (Å²) in [5.41, 5.74) is 3.56. The van der Waals surface area contributed by atoms with E-state index < -0.39 is 0 Å². The summed E-state index contributed by atoms with van der Waals surface area (Å²) in [5, 5.41) is 12.1. The third-order valence-electron chi connectivity index (χ3n) is 3.35. The van der Waals surface area contributed by atoms with Crippen LogP contribution in [0.5, 0.6) is 0 Å². The molecule has 102 valence electrons. The molecule has 3 heterocycles. The Labute approximate surface area is 112 Å². The fourth-order valence-corrected chi connectivity index (χ4v) is 2.47. The van der Waals surface area contributed by atoms with Crippen molar-refractivity contribution in [3.63, 3.8) is 0 Å². The summed E-state index contributed by atoms with van der Waals surface area (Å²) in [5.74, 6) is 0. The van der Waals surface area contributed by atoms with E-state index in [1.807, 2.05) is 35.9 Å². The van der Waals surface area contributed by atoms with Crippen LogP contribution in [0.3, 0.4) is 0 Å². The van der Waals surface area contributed by atoms with E-state index in [1.165, 1.54) is 11.1 Å². The highest BCUT2D eigenvalue weighted by atomic mass is 16.5. The Kier molecular flexibility index (Phi) is 3.35. The van der Waals surface area contributed by atoms with Crippen LogP contribution in [0.4, 0.5) is 0 Å². The molecule has 1 atom stereocenters. The van der Waals surface area contributed by atoms with Gasteiger partial charge in [-0.3, -0.25) is 9.36 Å². The largest absolute Gasteiger partial charge is 0.370 e. The quantitative estimate of drug-likeness (QED) is 0.873. The van der Waals surface area contributed by atoms with Crippen molar-refractivity contribution in [3.05, 3.63) is 35.4 Å². The normalized spacial score (nSPS) is 18.5. The number of nitrogens with one attached hydrogen (secondary N) is 1. The van der Waals surface area contributed by atoms with Gasteiger partial charge in [0.15, 0.2) is 0 Å². The van der Waals surface area contributed by atoms with E-state index in [1.54, 1.807) is 0 Å². The maximum Gasteiger partial charge on any atom is 0.114 e. The van der Waals surface area contributed by atoms with Gasteiger partial charge >= 0.3 is 0 Å². The number of ether oxygens (including phenoxy) is 1. The van der Waals surface area contributed by atoms with Crippen LogP contribution >= 0.6 is 0 Å². The second-order valence-corrected chi connectivity index (χ2v) is 4.98. The van der Waals surface area contributed by atoms with Crippen molar-refractivity contribution in [1.29, 1.82) is 0 Å². The number of nitrogens with zero attached hydrogens (tertiary/aromatic N) is 4. The smallest absolute Gasteiger partial charge is 0.114 e. The molecule has 1 unspecified atom stereocenters. The van der Waals surface area contributed by atoms with E-state index in [-0.39, 0.29) is 6.10 Å². The topological polar surface area (TPSA) is 56.9 Å². The predicted octanol–water partition coefficient (Wildman–Crippen LogP) is 0.557. The Hall–Kier alpha value is -1.66. The van der Waals surface area contributed by atoms with Gasteiger partial charge in [0.05, 0.1) is 18.5 Å². The van der Waals surface area contributed by atoms with Crippen LogP contribution in [0.2, 0.25) is 0 Å². The molecule has 1 aliphatic heterocycles. The summed E-state index contributed by atoms with van der Waals surface area (Å²) in [6.45, 7) is 2.35. The van der Waals surface area contributed by atoms with Gasteiger partial charge < -0.3 is 10.1 Å². The molecule has 3 rings (SSSR count). The van der Waals surface area contributed by atoms with Gasteiger partial charge in [0.2, 0.25) is 0 Å². The van der Waals surface area contributed by atoms with Crippen LogP contribution in [0.15, 0.2) is 18.6 Å². The monoisotopic (exact) mass is 261 g/mol. The Morgan fingerprint density at radius 2 is 2.26 bits per heavy atom. The maximum absolute atomic E-state index is 5.80. The van der Waals surface area contributed by atoms with Gasteiger partial charge in [0.25, 0.3) is 0 Å². The van der Waals surface area contributed by atoms with E-state index in [9.17, 15) is 0 Å². The highest BCUT2D eigenvalue weighted by Crippen LogP contribution is 2.24. The summed E-state index contributed by atoms with van der Waals surface area (Å²) in [6, 6.07) is 0. The minimum atomic E-state index is 0.0571. The molecule has 0 spiro atoms. The predicted molar refractivity (Wildman–Crippen MR) is 70.5 cm³/mol. The second kappa shape index (κ2) is 5.14. The zero-order chi connectivity index (χ0) is 13.2. The summed E-state index contributed by atoms with van der Waals surface area (Å²) in [7, 11) is 3.88. The summed E-state index contributed by atoms with van der Waals surface area (Å²) < 4.78 is 9.48. The maximum atomic E-state index is 5.80. The standard InChI is InChI=1S/C13H19N5O/c1-17-8-10(6-15-17)5-14-7-12-13-11(3-4-19-12)9-18(2)16-13/h6,8-9,12,14H,3-5,7H2,1-2H3. The number of rotatable bonds is 4. The first-order valence-corrected chi connectivity index (χ1v) is 6.54. The van der Waals surface area contributed by atoms with Gasteiger partial charge in [-0.05, 0) is 12.0 Å². The number of aryl methyl sites for hydroxylation is 2. The number of hydrogen-bond acceptors (Lipinski definition) is 4. The summed E-state index contributed by atoms with van der Waals surface area (Å²) in [6.07, 6.45) is 7.00. The Bertz CT molecular complexity index is 559. The highest BCUT2D eigenvalue weighted by Gasteiger charge is 2.23. The first kappa shape index (κ1) is 12.4. The van der Waals surface area contributed by atoms with Crippen molar-refractivity contribution < 1.29 is 4.74 Å². The third kappa shape index (κ3) is 2.69. The molecule has 0 bridgehead atoms. The molecular weight excluding hydrogens is 242 g/mol. The lowest BCUT2D eigenvalue weighted by Gasteiger charge is -2.22. The van der Waals surface area contributed by atoms with Gasteiger partial charge in [0.1, 0.15) is 6.10 Å². The second-order valence-electron chi connectivity index (χ2n) is 4.98. The molecule has 0 saturated heterocycles. The van der Waals surface area contributed by atoms with Crippen LogP contribution in [0.1, 0.15) is 22.9 Å². The Morgan fingerprint density at radius 3 is 3.05 bits per heavy atom. The van der Waals surface area contributed by atoms with Gasteiger partial charge in [0, 0.05) is 45.1 Å². The van der Waals surface area contributed by atoms with Gasteiger partial charge in [-0.15, -0.1) is 0 Å². The molecule has 2 aromatic heterocycles. The average molecular weight is 261 g/mol. The lowest BCUT2D eigenvalue weighted by atomic mass is 10.1. The number of fused-ring (bicyclic) bond motifs is 1. The van der Waals surface area contributed by atoms with Crippen molar-refractivity contribution in [1.82, 2.24) is 24.9 Å². The molecule has 6 heteroatoms. The van der Waals surface area contributed by atoms with Crippen molar-refractivity contribution in [2.45, 2.75) is 19.1 Å². The number of hydrogen-bond donors (Lipinski definition) is 1. The molecule has 1 aliphatic rings. The zero-order valence-electron chi connectivity index (χ0n) is 11.3. The average Bonchev–Trinajstić information content (AvgIpc) is 2.95. The van der Waals surface area contributed by atoms with Crippen LogP contribution in [-0.2, 0) is 31.8 Å². The van der Waals surface area contributed by atoms with E-state index in [2.05, 4.69) is 21.7 Å². The molecule has 0 aromatic carbocycles. The molecule has 6 nitrogen and oxygen atoms in total. The molecule has 1 N–H and O–H groups in total. The molecule has 0 aliphatic carbocycles. The van der Waals surface area contributed by atoms with Crippen LogP contribution in [-0.4, -0.2) is 32.7 Å². The Morgan fingerprint density at radius 1 is 1.37 bits per heavy atom. The first-order valence-electron chi connectivity index (χ1n) is 6.54. The third-order valence-corrected chi connectivity index (χ3v) is 3.35. The van der Waals surface area contributed by atoms with Crippen molar-refractivity contribution >= 4 is 0 Å². The van der Waals surface area contributed by atoms with Crippen LogP contribution < -0.4 is 5.32 Å². The molecule has 2 aromatic rings. The molecule has 19 heavy (non-hydrogen) atoms. The Balaban J connectivity index is 1.59. The molecular formula is C13H19N5O. The van der Waals surface area contributed by atoms with Gasteiger partial charge in [-0.25, -0.2) is 0 Å².